The first kappa shape index (κ1) is 16.4. The van der Waals surface area contributed by atoms with Crippen LogP contribution in [0.15, 0.2) is 24.8 Å². The molecule has 0 aliphatic carbocycles. The Morgan fingerprint density at radius 3 is 2.45 bits per heavy atom. The van der Waals surface area contributed by atoms with E-state index in [0.717, 1.165) is 23.5 Å². The maximum Gasteiger partial charge on any atom is 0.231 e. The number of rotatable bonds is 6. The van der Waals surface area contributed by atoms with Gasteiger partial charge in [0.25, 0.3) is 0 Å². The molecule has 1 aliphatic rings. The molecule has 0 atom stereocenters. The van der Waals surface area contributed by atoms with Gasteiger partial charge in [0.05, 0.1) is 7.11 Å². The topological polar surface area (TPSA) is 27.7 Å². The molecule has 3 heteroatoms. The molecule has 1 aromatic rings. The highest BCUT2D eigenvalue weighted by Gasteiger charge is 2.19. The number of fused-ring (bicyclic) bond motifs is 1. The third-order valence-electron chi connectivity index (χ3n) is 3.06. The van der Waals surface area contributed by atoms with Crippen molar-refractivity contribution in [1.82, 2.24) is 0 Å². The number of hydrogen-bond donors (Lipinski definition) is 0. The minimum absolute atomic E-state index is 0.267. The van der Waals surface area contributed by atoms with Crippen molar-refractivity contribution in [3.05, 3.63) is 30.4 Å². The highest BCUT2D eigenvalue weighted by Crippen LogP contribution is 2.41. The average Bonchev–Trinajstić information content (AvgIpc) is 2.93. The largest absolute Gasteiger partial charge is 0.493 e. The number of ether oxygens (including phenoxy) is 3. The van der Waals surface area contributed by atoms with Crippen molar-refractivity contribution >= 4 is 0 Å². The Bertz CT molecular complexity index is 409. The molecule has 0 aromatic heterocycles. The van der Waals surface area contributed by atoms with Gasteiger partial charge in [-0.15, -0.1) is 6.58 Å². The van der Waals surface area contributed by atoms with Crippen LogP contribution in [0.5, 0.6) is 17.2 Å². The highest BCUT2D eigenvalue weighted by atomic mass is 16.7. The van der Waals surface area contributed by atoms with E-state index in [4.69, 9.17) is 14.2 Å². The van der Waals surface area contributed by atoms with Crippen LogP contribution in [0.1, 0.15) is 45.1 Å². The highest BCUT2D eigenvalue weighted by molar-refractivity contribution is 5.55. The first-order valence-corrected chi connectivity index (χ1v) is 7.34. The molecule has 2 rings (SSSR count). The zero-order valence-corrected chi connectivity index (χ0v) is 12.9. The Hall–Kier alpha value is -1.64. The summed E-state index contributed by atoms with van der Waals surface area (Å²) in [5, 5.41) is 0. The second-order valence-electron chi connectivity index (χ2n) is 4.73. The monoisotopic (exact) mass is 278 g/mol. The van der Waals surface area contributed by atoms with Gasteiger partial charge in [0, 0.05) is 0 Å². The first-order chi connectivity index (χ1) is 9.76. The molecule has 0 radical (unpaired) electrons. The molecule has 112 valence electrons. The lowest BCUT2D eigenvalue weighted by Gasteiger charge is -2.06. The van der Waals surface area contributed by atoms with Crippen molar-refractivity contribution < 1.29 is 14.2 Å². The molecular formula is C17H26O3. The smallest absolute Gasteiger partial charge is 0.231 e. The molecule has 0 saturated carbocycles. The lowest BCUT2D eigenvalue weighted by atomic mass is 10.1. The van der Waals surface area contributed by atoms with Gasteiger partial charge in [0.1, 0.15) is 0 Å². The molecule has 0 fully saturated rings. The quantitative estimate of drug-likeness (QED) is 0.555. The van der Waals surface area contributed by atoms with Crippen molar-refractivity contribution in [2.45, 2.75) is 46.0 Å². The Morgan fingerprint density at radius 1 is 1.20 bits per heavy atom. The van der Waals surface area contributed by atoms with Crippen LogP contribution in [0.3, 0.4) is 0 Å². The van der Waals surface area contributed by atoms with E-state index in [-0.39, 0.29) is 6.79 Å². The molecule has 1 aromatic carbocycles. The minimum Gasteiger partial charge on any atom is -0.493 e. The summed E-state index contributed by atoms with van der Waals surface area (Å²) in [6, 6.07) is 3.89. The molecule has 0 bridgehead atoms. The third kappa shape index (κ3) is 4.80. The molecule has 0 spiro atoms. The lowest BCUT2D eigenvalue weighted by molar-refractivity contribution is 0.171. The van der Waals surface area contributed by atoms with Gasteiger partial charge in [-0.05, 0) is 24.1 Å². The van der Waals surface area contributed by atoms with E-state index >= 15 is 0 Å². The fourth-order valence-corrected chi connectivity index (χ4v) is 1.97. The predicted molar refractivity (Wildman–Crippen MR) is 82.8 cm³/mol. The summed E-state index contributed by atoms with van der Waals surface area (Å²) in [5.41, 5.74) is 1.11. The summed E-state index contributed by atoms with van der Waals surface area (Å²) < 4.78 is 15.8. The molecular weight excluding hydrogens is 252 g/mol. The summed E-state index contributed by atoms with van der Waals surface area (Å²) in [6.45, 7) is 8.42. The summed E-state index contributed by atoms with van der Waals surface area (Å²) in [6.07, 6.45) is 8.18. The van der Waals surface area contributed by atoms with Crippen LogP contribution in [-0.2, 0) is 6.42 Å². The molecule has 0 amide bonds. The molecule has 0 unspecified atom stereocenters. The van der Waals surface area contributed by atoms with Gasteiger partial charge in [-0.25, -0.2) is 0 Å². The lowest BCUT2D eigenvalue weighted by Crippen LogP contribution is -1.93. The maximum absolute atomic E-state index is 5.29. The minimum atomic E-state index is 0.267. The van der Waals surface area contributed by atoms with Crippen LogP contribution in [0, 0.1) is 0 Å². The number of allylic oxidation sites excluding steroid dienone is 1. The predicted octanol–water partition coefficient (Wildman–Crippen LogP) is 4.74. The van der Waals surface area contributed by atoms with Crippen LogP contribution in [0.25, 0.3) is 0 Å². The van der Waals surface area contributed by atoms with Gasteiger partial charge < -0.3 is 14.2 Å². The fourth-order valence-electron chi connectivity index (χ4n) is 1.97. The number of benzene rings is 1. The zero-order valence-electron chi connectivity index (χ0n) is 12.9. The number of methoxy groups -OCH3 is 1. The van der Waals surface area contributed by atoms with Crippen molar-refractivity contribution in [3.63, 3.8) is 0 Å². The van der Waals surface area contributed by atoms with Crippen molar-refractivity contribution in [3.8, 4) is 17.2 Å². The first-order valence-electron chi connectivity index (χ1n) is 7.34. The second-order valence-corrected chi connectivity index (χ2v) is 4.73. The Labute approximate surface area is 122 Å². The Kier molecular flexibility index (Phi) is 7.63. The zero-order chi connectivity index (χ0) is 14.8. The van der Waals surface area contributed by atoms with Crippen LogP contribution in [0.4, 0.5) is 0 Å². The Morgan fingerprint density at radius 2 is 1.90 bits per heavy atom. The normalized spacial score (nSPS) is 11.6. The average molecular weight is 278 g/mol. The van der Waals surface area contributed by atoms with Gasteiger partial charge in [-0.2, -0.15) is 0 Å². The van der Waals surface area contributed by atoms with Gasteiger partial charge in [0.2, 0.25) is 12.5 Å². The molecule has 20 heavy (non-hydrogen) atoms. The number of hydrogen-bond acceptors (Lipinski definition) is 3. The van der Waals surface area contributed by atoms with Gasteiger partial charge in [-0.3, -0.25) is 0 Å². The molecule has 1 aliphatic heterocycles. The SMILES string of the molecule is C=CCc1cc(OC)c2c(c1)OCO2.CCCCCC. The second kappa shape index (κ2) is 9.29. The van der Waals surface area contributed by atoms with E-state index in [0.29, 0.717) is 5.75 Å². The molecule has 3 nitrogen and oxygen atoms in total. The van der Waals surface area contributed by atoms with E-state index < -0.39 is 0 Å². The third-order valence-corrected chi connectivity index (χ3v) is 3.06. The van der Waals surface area contributed by atoms with Crippen LogP contribution >= 0.6 is 0 Å². The summed E-state index contributed by atoms with van der Waals surface area (Å²) in [4.78, 5) is 0. The van der Waals surface area contributed by atoms with E-state index in [9.17, 15) is 0 Å². The number of unbranched alkanes of at least 4 members (excludes halogenated alkanes) is 3. The maximum atomic E-state index is 5.29. The van der Waals surface area contributed by atoms with Crippen LogP contribution < -0.4 is 14.2 Å². The molecule has 1 heterocycles. The summed E-state index contributed by atoms with van der Waals surface area (Å²) in [5.74, 6) is 2.17. The van der Waals surface area contributed by atoms with E-state index in [1.54, 1.807) is 7.11 Å². The molecule has 0 saturated heterocycles. The van der Waals surface area contributed by atoms with Crippen molar-refractivity contribution in [2.75, 3.05) is 13.9 Å². The van der Waals surface area contributed by atoms with Crippen LogP contribution in [-0.4, -0.2) is 13.9 Å². The van der Waals surface area contributed by atoms with E-state index in [2.05, 4.69) is 20.4 Å². The standard InChI is InChI=1S/C11H12O3.C6H14/c1-3-4-8-5-9(12-2)11-10(6-8)13-7-14-11;1-3-5-6-4-2/h3,5-6H,1,4,7H2,2H3;3-6H2,1-2H3. The van der Waals surface area contributed by atoms with Crippen molar-refractivity contribution in [2.24, 2.45) is 0 Å². The van der Waals surface area contributed by atoms with Gasteiger partial charge in [-0.1, -0.05) is 45.6 Å². The van der Waals surface area contributed by atoms with Crippen molar-refractivity contribution in [1.29, 1.82) is 0 Å². The van der Waals surface area contributed by atoms with E-state index in [1.165, 1.54) is 25.7 Å². The van der Waals surface area contributed by atoms with Gasteiger partial charge in [0.15, 0.2) is 11.5 Å². The summed E-state index contributed by atoms with van der Waals surface area (Å²) >= 11 is 0. The fraction of sp³-hybridized carbons (Fsp3) is 0.529. The summed E-state index contributed by atoms with van der Waals surface area (Å²) in [7, 11) is 1.62. The van der Waals surface area contributed by atoms with Crippen LogP contribution in [0.2, 0.25) is 0 Å². The van der Waals surface area contributed by atoms with E-state index in [1.807, 2.05) is 18.2 Å². The molecule has 0 N–H and O–H groups in total. The van der Waals surface area contributed by atoms with Gasteiger partial charge >= 0.3 is 0 Å². The Balaban J connectivity index is 0.000000286.